The molecular formula is C27H35NO3. The fourth-order valence-corrected chi connectivity index (χ4v) is 4.52. The molecule has 3 N–H and O–H groups in total. The van der Waals surface area contributed by atoms with Gasteiger partial charge in [0.25, 0.3) is 0 Å². The fourth-order valence-electron chi connectivity index (χ4n) is 4.52. The second-order valence-corrected chi connectivity index (χ2v) is 9.96. The number of benzene rings is 2. The first-order valence-electron chi connectivity index (χ1n) is 11.0. The van der Waals surface area contributed by atoms with Gasteiger partial charge >= 0.3 is 5.97 Å². The molecule has 3 rings (SSSR count). The van der Waals surface area contributed by atoms with Crippen molar-refractivity contribution in [2.45, 2.75) is 70.9 Å². The first-order valence-corrected chi connectivity index (χ1v) is 11.0. The molecule has 31 heavy (non-hydrogen) atoms. The minimum atomic E-state index is -1.65. The van der Waals surface area contributed by atoms with E-state index in [0.717, 1.165) is 24.0 Å². The molecule has 166 valence electrons. The molecule has 0 heterocycles. The maximum atomic E-state index is 11.6. The molecule has 1 aliphatic carbocycles. The highest BCUT2D eigenvalue weighted by Crippen LogP contribution is 2.47. The summed E-state index contributed by atoms with van der Waals surface area (Å²) in [6.45, 7) is 13.2. The van der Waals surface area contributed by atoms with Gasteiger partial charge < -0.3 is 9.84 Å². The summed E-state index contributed by atoms with van der Waals surface area (Å²) in [4.78, 5) is 11.6. The molecule has 0 bridgehead atoms. The van der Waals surface area contributed by atoms with Crippen molar-refractivity contribution in [3.05, 3.63) is 75.9 Å². The average molecular weight is 422 g/mol. The Morgan fingerprint density at radius 2 is 1.74 bits per heavy atom. The first kappa shape index (κ1) is 23.2. The molecule has 2 aromatic carbocycles. The smallest absolute Gasteiger partial charge is 0.330 e. The van der Waals surface area contributed by atoms with Crippen LogP contribution in [0, 0.1) is 6.92 Å². The van der Waals surface area contributed by atoms with Crippen molar-refractivity contribution in [1.82, 2.24) is 0 Å². The SMILES string of the molecule is CCOC(=O)/C=C/c1cccc(C(N)(O)c2cc3c(cc2C)C(C)(C)CCC3(C)C)c1. The van der Waals surface area contributed by atoms with E-state index in [-0.39, 0.29) is 10.8 Å². The van der Waals surface area contributed by atoms with E-state index in [2.05, 4.69) is 39.8 Å². The minimum Gasteiger partial charge on any atom is -0.463 e. The normalized spacial score (nSPS) is 19.0. The summed E-state index contributed by atoms with van der Waals surface area (Å²) in [5.41, 5.74) is 10.7. The zero-order valence-corrected chi connectivity index (χ0v) is 19.6. The summed E-state index contributed by atoms with van der Waals surface area (Å²) in [7, 11) is 0. The van der Waals surface area contributed by atoms with Crippen LogP contribution in [0.3, 0.4) is 0 Å². The molecule has 4 heteroatoms. The Bertz CT molecular complexity index is 1020. The number of carbonyl (C=O) groups is 1. The number of rotatable bonds is 5. The average Bonchev–Trinajstić information content (AvgIpc) is 2.70. The van der Waals surface area contributed by atoms with Gasteiger partial charge in [0.1, 0.15) is 0 Å². The summed E-state index contributed by atoms with van der Waals surface area (Å²) in [6.07, 6.45) is 5.27. The summed E-state index contributed by atoms with van der Waals surface area (Å²) in [5, 5.41) is 11.5. The molecule has 0 aromatic heterocycles. The molecule has 0 fully saturated rings. The van der Waals surface area contributed by atoms with Gasteiger partial charge in [-0.25, -0.2) is 4.79 Å². The maximum absolute atomic E-state index is 11.6. The van der Waals surface area contributed by atoms with E-state index < -0.39 is 11.7 Å². The fraction of sp³-hybridized carbons (Fsp3) is 0.444. The largest absolute Gasteiger partial charge is 0.463 e. The van der Waals surface area contributed by atoms with Crippen molar-refractivity contribution in [2.75, 3.05) is 6.61 Å². The van der Waals surface area contributed by atoms with Crippen LogP contribution in [0.5, 0.6) is 0 Å². The lowest BCUT2D eigenvalue weighted by atomic mass is 9.62. The zero-order valence-electron chi connectivity index (χ0n) is 19.6. The number of nitrogens with two attached hydrogens (primary N) is 1. The van der Waals surface area contributed by atoms with Gasteiger partial charge in [0.15, 0.2) is 5.72 Å². The van der Waals surface area contributed by atoms with Crippen molar-refractivity contribution >= 4 is 12.0 Å². The van der Waals surface area contributed by atoms with Crippen LogP contribution >= 0.6 is 0 Å². The van der Waals surface area contributed by atoms with Crippen LogP contribution in [-0.4, -0.2) is 17.7 Å². The number of aryl methyl sites for hydroxylation is 1. The Kier molecular flexibility index (Phi) is 6.18. The molecule has 0 amide bonds. The Morgan fingerprint density at radius 1 is 1.13 bits per heavy atom. The van der Waals surface area contributed by atoms with Gasteiger partial charge in [0, 0.05) is 17.2 Å². The Hall–Kier alpha value is -2.43. The molecule has 1 atom stereocenters. The lowest BCUT2D eigenvalue weighted by Gasteiger charge is -2.43. The highest BCUT2D eigenvalue weighted by Gasteiger charge is 2.39. The minimum absolute atomic E-state index is 0.0214. The third kappa shape index (κ3) is 4.60. The molecule has 1 aliphatic rings. The van der Waals surface area contributed by atoms with E-state index in [4.69, 9.17) is 10.5 Å². The maximum Gasteiger partial charge on any atom is 0.330 e. The molecule has 0 saturated carbocycles. The monoisotopic (exact) mass is 421 g/mol. The predicted molar refractivity (Wildman–Crippen MR) is 126 cm³/mol. The molecule has 1 unspecified atom stereocenters. The van der Waals surface area contributed by atoms with Crippen LogP contribution in [-0.2, 0) is 26.1 Å². The standard InChI is InChI=1S/C27H35NO3/c1-7-31-24(29)12-11-19-9-8-10-20(16-19)27(28,30)21-17-23-22(15-18(21)2)25(3,4)13-14-26(23,5)6/h8-12,15-17,30H,7,13-14,28H2,1-6H3/b12-11+. The van der Waals surface area contributed by atoms with E-state index in [0.29, 0.717) is 17.7 Å². The van der Waals surface area contributed by atoms with Crippen LogP contribution < -0.4 is 5.73 Å². The van der Waals surface area contributed by atoms with E-state index in [1.165, 1.54) is 17.2 Å². The molecule has 4 nitrogen and oxygen atoms in total. The molecular weight excluding hydrogens is 386 g/mol. The molecule has 0 aliphatic heterocycles. The van der Waals surface area contributed by atoms with E-state index in [9.17, 15) is 9.90 Å². The number of ether oxygens (including phenoxy) is 1. The number of hydrogen-bond acceptors (Lipinski definition) is 4. The van der Waals surface area contributed by atoms with Gasteiger partial charge in [-0.1, -0.05) is 58.0 Å². The van der Waals surface area contributed by atoms with E-state index in [1.807, 2.05) is 31.2 Å². The topological polar surface area (TPSA) is 72.5 Å². The number of esters is 1. The quantitative estimate of drug-likeness (QED) is 0.401. The zero-order chi connectivity index (χ0) is 23.0. The van der Waals surface area contributed by atoms with Gasteiger partial charge in [0.2, 0.25) is 0 Å². The van der Waals surface area contributed by atoms with Crippen LogP contribution in [0.25, 0.3) is 6.08 Å². The van der Waals surface area contributed by atoms with Crippen molar-refractivity contribution in [1.29, 1.82) is 0 Å². The second-order valence-electron chi connectivity index (χ2n) is 9.96. The second kappa shape index (κ2) is 8.25. The molecule has 0 saturated heterocycles. The lowest BCUT2D eigenvalue weighted by Crippen LogP contribution is -2.40. The lowest BCUT2D eigenvalue weighted by molar-refractivity contribution is -0.137. The van der Waals surface area contributed by atoms with Gasteiger partial charge in [0.05, 0.1) is 6.61 Å². The van der Waals surface area contributed by atoms with Crippen LogP contribution in [0.15, 0.2) is 42.5 Å². The highest BCUT2D eigenvalue weighted by molar-refractivity contribution is 5.87. The number of fused-ring (bicyclic) bond motifs is 1. The van der Waals surface area contributed by atoms with Gasteiger partial charge in [-0.15, -0.1) is 0 Å². The predicted octanol–water partition coefficient (Wildman–Crippen LogP) is 5.07. The molecule has 2 aromatic rings. The summed E-state index contributed by atoms with van der Waals surface area (Å²) >= 11 is 0. The summed E-state index contributed by atoms with van der Waals surface area (Å²) in [5.74, 6) is -0.397. The number of aliphatic hydroxyl groups is 1. The first-order chi connectivity index (χ1) is 14.4. The molecule has 0 spiro atoms. The number of hydrogen-bond donors (Lipinski definition) is 2. The number of carbonyl (C=O) groups excluding carboxylic acids is 1. The van der Waals surface area contributed by atoms with Crippen molar-refractivity contribution in [3.63, 3.8) is 0 Å². The molecule has 0 radical (unpaired) electrons. The van der Waals surface area contributed by atoms with Gasteiger partial charge in [-0.05, 0) is 71.9 Å². The van der Waals surface area contributed by atoms with Gasteiger partial charge in [-0.3, -0.25) is 5.73 Å². The van der Waals surface area contributed by atoms with Crippen LogP contribution in [0.4, 0.5) is 0 Å². The van der Waals surface area contributed by atoms with Crippen molar-refractivity contribution in [2.24, 2.45) is 5.73 Å². The third-order valence-corrected chi connectivity index (χ3v) is 6.63. The Labute approximate surface area is 186 Å². The van der Waals surface area contributed by atoms with Crippen LogP contribution in [0.1, 0.15) is 80.8 Å². The third-order valence-electron chi connectivity index (χ3n) is 6.63. The van der Waals surface area contributed by atoms with E-state index in [1.54, 1.807) is 13.0 Å². The van der Waals surface area contributed by atoms with Crippen LogP contribution in [0.2, 0.25) is 0 Å². The van der Waals surface area contributed by atoms with Crippen molar-refractivity contribution < 1.29 is 14.6 Å². The Balaban J connectivity index is 2.05. The highest BCUT2D eigenvalue weighted by atomic mass is 16.5. The van der Waals surface area contributed by atoms with Gasteiger partial charge in [-0.2, -0.15) is 0 Å². The van der Waals surface area contributed by atoms with E-state index >= 15 is 0 Å². The summed E-state index contributed by atoms with van der Waals surface area (Å²) in [6, 6.07) is 11.6. The summed E-state index contributed by atoms with van der Waals surface area (Å²) < 4.78 is 4.94. The van der Waals surface area contributed by atoms with Crippen molar-refractivity contribution in [3.8, 4) is 0 Å². The Morgan fingerprint density at radius 3 is 2.35 bits per heavy atom.